The van der Waals surface area contributed by atoms with Crippen LogP contribution in [0.1, 0.15) is 12.5 Å². The number of nitrogens with zero attached hydrogens (tertiary/aromatic N) is 3. The maximum atomic E-state index is 12.7. The molecule has 0 unspecified atom stereocenters. The molecule has 0 N–H and O–H groups in total. The van der Waals surface area contributed by atoms with Crippen molar-refractivity contribution in [1.82, 2.24) is 0 Å². The van der Waals surface area contributed by atoms with Crippen molar-refractivity contribution in [2.45, 2.75) is 6.92 Å². The van der Waals surface area contributed by atoms with Crippen molar-refractivity contribution in [2.75, 3.05) is 26.2 Å². The number of methoxy groups -OCH3 is 3. The number of anilines is 1. The second-order valence-corrected chi connectivity index (χ2v) is 7.23. The van der Waals surface area contributed by atoms with Gasteiger partial charge < -0.3 is 23.9 Å². The number of benzene rings is 2. The van der Waals surface area contributed by atoms with Crippen LogP contribution in [0.15, 0.2) is 83.3 Å². The third kappa shape index (κ3) is 5.58. The molecule has 0 aromatic heterocycles. The molecular weight excluding hydrogens is 470 g/mol. The molecule has 0 saturated heterocycles. The van der Waals surface area contributed by atoms with Crippen LogP contribution in [-0.2, 0) is 19.1 Å². The highest BCUT2D eigenvalue weighted by molar-refractivity contribution is 6.05. The zero-order valence-corrected chi connectivity index (χ0v) is 20.0. The van der Waals surface area contributed by atoms with Gasteiger partial charge in [-0.25, -0.2) is 9.59 Å². The van der Waals surface area contributed by atoms with Crippen molar-refractivity contribution < 1.29 is 33.6 Å². The topological polar surface area (TPSA) is 130 Å². The maximum Gasteiger partial charge on any atom is 0.355 e. The van der Waals surface area contributed by atoms with Crippen LogP contribution < -0.4 is 14.5 Å². The number of nitro benzene ring substituents is 1. The molecule has 3 rings (SSSR count). The summed E-state index contributed by atoms with van der Waals surface area (Å²) in [5.41, 5.74) is 0.643. The van der Waals surface area contributed by atoms with Gasteiger partial charge in [0.25, 0.3) is 5.69 Å². The molecule has 2 aromatic rings. The summed E-state index contributed by atoms with van der Waals surface area (Å²) in [5.74, 6) is -1.06. The van der Waals surface area contributed by atoms with Gasteiger partial charge in [0.15, 0.2) is 5.75 Å². The second kappa shape index (κ2) is 11.5. The number of carbonyl (C=O) groups excluding carboxylic acids is 2. The predicted molar refractivity (Wildman–Crippen MR) is 131 cm³/mol. The van der Waals surface area contributed by atoms with Gasteiger partial charge >= 0.3 is 11.9 Å². The lowest BCUT2D eigenvalue weighted by Gasteiger charge is -2.23. The first-order chi connectivity index (χ1) is 17.3. The van der Waals surface area contributed by atoms with Crippen LogP contribution in [0.2, 0.25) is 0 Å². The third-order valence-corrected chi connectivity index (χ3v) is 5.04. The molecule has 0 radical (unpaired) electrons. The summed E-state index contributed by atoms with van der Waals surface area (Å²) in [7, 11) is 3.85. The zero-order valence-electron chi connectivity index (χ0n) is 20.0. The number of hydrogen-bond donors (Lipinski definition) is 0. The highest BCUT2D eigenvalue weighted by Crippen LogP contribution is 2.33. The Hall–Kier alpha value is -4.93. The van der Waals surface area contributed by atoms with E-state index in [1.807, 2.05) is 12.1 Å². The summed E-state index contributed by atoms with van der Waals surface area (Å²) in [6.45, 7) is 1.69. The Morgan fingerprint density at radius 2 is 1.72 bits per heavy atom. The number of oxime groups is 1. The van der Waals surface area contributed by atoms with Gasteiger partial charge in [-0.2, -0.15) is 0 Å². The fraction of sp³-hybridized carbons (Fsp3) is 0.160. The highest BCUT2D eigenvalue weighted by atomic mass is 16.6. The molecule has 0 bridgehead atoms. The molecule has 0 atom stereocenters. The van der Waals surface area contributed by atoms with Crippen molar-refractivity contribution >= 4 is 29.0 Å². The normalized spacial score (nSPS) is 13.2. The summed E-state index contributed by atoms with van der Waals surface area (Å²) in [4.78, 5) is 42.9. The summed E-state index contributed by atoms with van der Waals surface area (Å²) < 4.78 is 15.0. The highest BCUT2D eigenvalue weighted by Gasteiger charge is 2.28. The summed E-state index contributed by atoms with van der Waals surface area (Å²) in [5, 5.41) is 15.8. The van der Waals surface area contributed by atoms with E-state index in [4.69, 9.17) is 19.0 Å². The fourth-order valence-corrected chi connectivity index (χ4v) is 3.34. The monoisotopic (exact) mass is 493 g/mol. The first-order valence-electron chi connectivity index (χ1n) is 10.5. The van der Waals surface area contributed by atoms with Crippen LogP contribution in [0.25, 0.3) is 0 Å². The van der Waals surface area contributed by atoms with Gasteiger partial charge in [-0.15, -0.1) is 0 Å². The van der Waals surface area contributed by atoms with Crippen LogP contribution >= 0.6 is 0 Å². The largest absolute Gasteiger partial charge is 0.496 e. The quantitative estimate of drug-likeness (QED) is 0.233. The minimum absolute atomic E-state index is 0.0166. The number of rotatable bonds is 8. The van der Waals surface area contributed by atoms with Crippen LogP contribution in [0, 0.1) is 10.1 Å². The van der Waals surface area contributed by atoms with Crippen LogP contribution in [0.5, 0.6) is 11.5 Å². The predicted octanol–water partition coefficient (Wildman–Crippen LogP) is 3.90. The lowest BCUT2D eigenvalue weighted by Crippen LogP contribution is -2.27. The summed E-state index contributed by atoms with van der Waals surface area (Å²) in [6.07, 6.45) is 5.89. The van der Waals surface area contributed by atoms with Crippen molar-refractivity contribution in [2.24, 2.45) is 5.16 Å². The van der Waals surface area contributed by atoms with E-state index in [-0.39, 0.29) is 28.4 Å². The van der Waals surface area contributed by atoms with Crippen LogP contribution in [0.4, 0.5) is 11.4 Å². The number of allylic oxidation sites excluding steroid dienone is 2. The Bertz CT molecular complexity index is 1310. The van der Waals surface area contributed by atoms with Gasteiger partial charge in [0.2, 0.25) is 0 Å². The Labute approximate surface area is 206 Å². The summed E-state index contributed by atoms with van der Waals surface area (Å²) in [6, 6.07) is 11.0. The van der Waals surface area contributed by atoms with E-state index in [0.717, 1.165) is 7.11 Å². The smallest absolute Gasteiger partial charge is 0.355 e. The standard InChI is InChI=1S/C25H23N3O8/c1-16(20-9-5-6-11-22(20)33-2)26-36-19-14-17(13-18(15-19)28(31)32)27-12-8-7-10-21(24(29)34-3)23(27)25(30)35-4/h5-15H,1-4H3. The average Bonchev–Trinajstić information content (AvgIpc) is 3.13. The number of esters is 2. The van der Waals surface area contributed by atoms with Crippen LogP contribution in [-0.4, -0.2) is 43.9 Å². The second-order valence-electron chi connectivity index (χ2n) is 7.23. The Morgan fingerprint density at radius 3 is 2.39 bits per heavy atom. The van der Waals surface area contributed by atoms with Gasteiger partial charge in [0.1, 0.15) is 11.4 Å². The van der Waals surface area contributed by atoms with Gasteiger partial charge in [-0.1, -0.05) is 23.4 Å². The van der Waals surface area contributed by atoms with Crippen LogP contribution in [0.3, 0.4) is 0 Å². The van der Waals surface area contributed by atoms with Gasteiger partial charge in [0, 0.05) is 23.9 Å². The lowest BCUT2D eigenvalue weighted by atomic mass is 10.1. The molecule has 0 fully saturated rings. The van der Waals surface area contributed by atoms with Gasteiger partial charge in [-0.05, 0) is 31.2 Å². The molecule has 0 saturated carbocycles. The van der Waals surface area contributed by atoms with E-state index < -0.39 is 16.9 Å². The Morgan fingerprint density at radius 1 is 1.00 bits per heavy atom. The zero-order chi connectivity index (χ0) is 26.2. The van der Waals surface area contributed by atoms with E-state index in [0.29, 0.717) is 17.0 Å². The molecule has 2 aromatic carbocycles. The molecule has 0 spiro atoms. The molecule has 0 amide bonds. The van der Waals surface area contributed by atoms with Crippen molar-refractivity contribution in [3.63, 3.8) is 0 Å². The molecule has 0 aliphatic carbocycles. The van der Waals surface area contributed by atoms with E-state index in [9.17, 15) is 19.7 Å². The molecule has 11 heteroatoms. The maximum absolute atomic E-state index is 12.7. The van der Waals surface area contributed by atoms with E-state index >= 15 is 0 Å². The molecule has 186 valence electrons. The van der Waals surface area contributed by atoms with E-state index in [1.165, 1.54) is 55.7 Å². The first kappa shape index (κ1) is 25.7. The minimum Gasteiger partial charge on any atom is -0.496 e. The minimum atomic E-state index is -0.856. The molecule has 1 heterocycles. The Balaban J connectivity index is 2.10. The number of non-ortho nitro benzene ring substituents is 1. The van der Waals surface area contributed by atoms with Crippen molar-refractivity contribution in [3.8, 4) is 11.5 Å². The third-order valence-electron chi connectivity index (χ3n) is 5.04. The number of ether oxygens (including phenoxy) is 3. The number of nitro groups is 1. The lowest BCUT2D eigenvalue weighted by molar-refractivity contribution is -0.384. The van der Waals surface area contributed by atoms with E-state index in [1.54, 1.807) is 25.1 Å². The number of carbonyl (C=O) groups is 2. The Kier molecular flexibility index (Phi) is 8.18. The molecule has 36 heavy (non-hydrogen) atoms. The molecule has 1 aliphatic rings. The SMILES string of the molecule is COC(=O)C1=C(C(=O)OC)N(c2cc(ON=C(C)c3ccccc3OC)cc([N+](=O)[O-])c2)C=CC=C1. The number of para-hydroxylation sites is 1. The van der Waals surface area contributed by atoms with E-state index in [2.05, 4.69) is 5.16 Å². The average molecular weight is 493 g/mol. The van der Waals surface area contributed by atoms with Crippen molar-refractivity contribution in [3.05, 3.63) is 93.8 Å². The molecule has 11 nitrogen and oxygen atoms in total. The summed E-state index contributed by atoms with van der Waals surface area (Å²) >= 11 is 0. The fourth-order valence-electron chi connectivity index (χ4n) is 3.34. The van der Waals surface area contributed by atoms with Gasteiger partial charge in [0.05, 0.1) is 49.3 Å². The molecular formula is C25H23N3O8. The molecule has 1 aliphatic heterocycles. The number of hydrogen-bond acceptors (Lipinski definition) is 10. The van der Waals surface area contributed by atoms with Crippen molar-refractivity contribution in [1.29, 1.82) is 0 Å². The first-order valence-corrected chi connectivity index (χ1v) is 10.5. The van der Waals surface area contributed by atoms with Gasteiger partial charge in [-0.3, -0.25) is 10.1 Å².